The van der Waals surface area contributed by atoms with Gasteiger partial charge in [-0.2, -0.15) is 5.10 Å². The molecule has 0 fully saturated rings. The minimum absolute atomic E-state index is 0.0993. The molecule has 1 aliphatic heterocycles. The highest BCUT2D eigenvalue weighted by molar-refractivity contribution is 7.11. The van der Waals surface area contributed by atoms with E-state index in [4.69, 9.17) is 5.41 Å². The van der Waals surface area contributed by atoms with Gasteiger partial charge in [0.2, 0.25) is 0 Å². The highest BCUT2D eigenvalue weighted by Crippen LogP contribution is 2.29. The molecule has 0 atom stereocenters. The van der Waals surface area contributed by atoms with Crippen molar-refractivity contribution in [3.8, 4) is 5.75 Å². The van der Waals surface area contributed by atoms with Gasteiger partial charge < -0.3 is 10.2 Å². The van der Waals surface area contributed by atoms with Gasteiger partial charge in [-0.1, -0.05) is 0 Å². The highest BCUT2D eigenvalue weighted by atomic mass is 32.1. The number of phenols is 1. The second kappa shape index (κ2) is 5.61. The Balaban J connectivity index is 1.79. The van der Waals surface area contributed by atoms with Gasteiger partial charge in [0.15, 0.2) is 5.84 Å². The Morgan fingerprint density at radius 2 is 2.05 bits per heavy atom. The van der Waals surface area contributed by atoms with Crippen LogP contribution in [0.3, 0.4) is 0 Å². The molecule has 0 radical (unpaired) electrons. The summed E-state index contributed by atoms with van der Waals surface area (Å²) in [6.45, 7) is 2.03. The molecule has 2 heterocycles. The molecular formula is C15H14N4O2S. The van der Waals surface area contributed by atoms with Crippen LogP contribution in [0, 0.1) is 12.3 Å². The lowest BCUT2D eigenvalue weighted by molar-refractivity contribution is 0.358. The van der Waals surface area contributed by atoms with Crippen molar-refractivity contribution >= 4 is 29.0 Å². The van der Waals surface area contributed by atoms with Crippen LogP contribution in [0.2, 0.25) is 0 Å². The molecular weight excluding hydrogens is 300 g/mol. The number of amidine groups is 1. The Bertz CT molecular complexity index is 777. The van der Waals surface area contributed by atoms with E-state index in [-0.39, 0.29) is 23.9 Å². The molecule has 0 amide bonds. The first-order valence-corrected chi connectivity index (χ1v) is 7.46. The lowest BCUT2D eigenvalue weighted by Crippen LogP contribution is -2.20. The van der Waals surface area contributed by atoms with E-state index in [0.29, 0.717) is 10.6 Å². The number of aromatic nitrogens is 1. The van der Waals surface area contributed by atoms with Gasteiger partial charge in [0.1, 0.15) is 23.1 Å². The first-order valence-electron chi connectivity index (χ1n) is 6.58. The van der Waals surface area contributed by atoms with Crippen molar-refractivity contribution in [2.24, 2.45) is 5.10 Å². The summed E-state index contributed by atoms with van der Waals surface area (Å²) >= 11 is 1.40. The summed E-state index contributed by atoms with van der Waals surface area (Å²) in [4.78, 5) is 4.31. The van der Waals surface area contributed by atoms with E-state index in [9.17, 15) is 10.2 Å². The van der Waals surface area contributed by atoms with Crippen LogP contribution in [0.1, 0.15) is 16.3 Å². The lowest BCUT2D eigenvalue weighted by atomic mass is 10.2. The number of aliphatic hydroxyl groups is 1. The number of aromatic hydroxyl groups is 1. The van der Waals surface area contributed by atoms with E-state index in [1.165, 1.54) is 16.3 Å². The molecule has 7 heteroatoms. The molecule has 0 unspecified atom stereocenters. The van der Waals surface area contributed by atoms with E-state index in [0.717, 1.165) is 11.3 Å². The van der Waals surface area contributed by atoms with E-state index in [2.05, 4.69) is 10.1 Å². The van der Waals surface area contributed by atoms with Crippen LogP contribution < -0.4 is 0 Å². The third-order valence-corrected chi connectivity index (χ3v) is 4.13. The zero-order valence-corrected chi connectivity index (χ0v) is 12.6. The normalized spacial score (nSPS) is 15.3. The SMILES string of the molecule is Cc1csc(C2=C(O)CN(/N=C\c3ccc(O)cc3)C2=N)n1. The Kier molecular flexibility index (Phi) is 3.64. The molecule has 3 N–H and O–H groups in total. The van der Waals surface area contributed by atoms with Crippen molar-refractivity contribution in [3.05, 3.63) is 51.7 Å². The molecule has 0 bridgehead atoms. The van der Waals surface area contributed by atoms with Gasteiger partial charge in [0, 0.05) is 11.1 Å². The number of hydrazone groups is 1. The summed E-state index contributed by atoms with van der Waals surface area (Å²) < 4.78 is 0. The fourth-order valence-corrected chi connectivity index (χ4v) is 2.92. The van der Waals surface area contributed by atoms with Crippen molar-refractivity contribution in [3.63, 3.8) is 0 Å². The van der Waals surface area contributed by atoms with Gasteiger partial charge in [0.05, 0.1) is 11.8 Å². The number of hydrogen-bond donors (Lipinski definition) is 3. The smallest absolute Gasteiger partial charge is 0.155 e. The van der Waals surface area contributed by atoms with Gasteiger partial charge in [-0.25, -0.2) is 9.99 Å². The number of phenolic OH excluding ortho intramolecular Hbond substituents is 1. The molecule has 0 aliphatic carbocycles. The first kappa shape index (κ1) is 14.3. The summed E-state index contributed by atoms with van der Waals surface area (Å²) in [5, 5.41) is 35.6. The molecule has 1 aromatic heterocycles. The number of nitrogens with one attached hydrogen (secondary N) is 1. The summed E-state index contributed by atoms with van der Waals surface area (Å²) in [6, 6.07) is 6.57. The summed E-state index contributed by atoms with van der Waals surface area (Å²) in [7, 11) is 0. The highest BCUT2D eigenvalue weighted by Gasteiger charge is 2.29. The minimum Gasteiger partial charge on any atom is -0.509 e. The molecule has 112 valence electrons. The Morgan fingerprint density at radius 1 is 1.32 bits per heavy atom. The predicted molar refractivity (Wildman–Crippen MR) is 86.5 cm³/mol. The first-order chi connectivity index (χ1) is 10.5. The number of thiazole rings is 1. The second-order valence-electron chi connectivity index (χ2n) is 4.86. The second-order valence-corrected chi connectivity index (χ2v) is 5.72. The van der Waals surface area contributed by atoms with Gasteiger partial charge in [0.25, 0.3) is 0 Å². The van der Waals surface area contributed by atoms with E-state index < -0.39 is 0 Å². The summed E-state index contributed by atoms with van der Waals surface area (Å²) in [5.41, 5.74) is 2.09. The van der Waals surface area contributed by atoms with Gasteiger partial charge in [-0.05, 0) is 36.8 Å². The van der Waals surface area contributed by atoms with E-state index in [1.54, 1.807) is 30.5 Å². The Hall–Kier alpha value is -2.67. The third kappa shape index (κ3) is 2.71. The molecule has 22 heavy (non-hydrogen) atoms. The van der Waals surface area contributed by atoms with Gasteiger partial charge in [-0.3, -0.25) is 5.41 Å². The van der Waals surface area contributed by atoms with Crippen LogP contribution in [0.4, 0.5) is 0 Å². The average Bonchev–Trinajstić information content (AvgIpc) is 3.02. The monoisotopic (exact) mass is 314 g/mol. The van der Waals surface area contributed by atoms with Crippen LogP contribution >= 0.6 is 11.3 Å². The van der Waals surface area contributed by atoms with Crippen molar-refractivity contribution in [2.45, 2.75) is 6.92 Å². The van der Waals surface area contributed by atoms with Crippen LogP contribution in [0.15, 0.2) is 40.5 Å². The Morgan fingerprint density at radius 3 is 2.68 bits per heavy atom. The Labute approximate surface area is 131 Å². The molecule has 2 aromatic rings. The topological polar surface area (TPSA) is 92.8 Å². The van der Waals surface area contributed by atoms with Crippen molar-refractivity contribution < 1.29 is 10.2 Å². The summed E-state index contributed by atoms with van der Waals surface area (Å²) in [5.74, 6) is 0.413. The fourth-order valence-electron chi connectivity index (χ4n) is 2.05. The predicted octanol–water partition coefficient (Wildman–Crippen LogP) is 2.75. The third-order valence-electron chi connectivity index (χ3n) is 3.16. The number of aryl methyl sites for hydroxylation is 1. The van der Waals surface area contributed by atoms with E-state index >= 15 is 0 Å². The lowest BCUT2D eigenvalue weighted by Gasteiger charge is -2.11. The van der Waals surface area contributed by atoms with Gasteiger partial charge >= 0.3 is 0 Å². The molecule has 1 aliphatic rings. The quantitative estimate of drug-likeness (QED) is 0.759. The standard InChI is InChI=1S/C15H14N4O2S/c1-9-8-22-15(18-9)13-12(21)7-19(14(13)16)17-6-10-2-4-11(20)5-3-10/h2-6,8,16,20-21H,7H2,1H3/b16-14?,17-6-. The largest absolute Gasteiger partial charge is 0.509 e. The number of nitrogens with zero attached hydrogens (tertiary/aromatic N) is 3. The number of aliphatic hydroxyl groups excluding tert-OH is 1. The van der Waals surface area contributed by atoms with E-state index in [1.807, 2.05) is 12.3 Å². The molecule has 1 aromatic carbocycles. The molecule has 0 saturated heterocycles. The maximum absolute atomic E-state index is 10.1. The zero-order chi connectivity index (χ0) is 15.7. The van der Waals surface area contributed by atoms with Crippen molar-refractivity contribution in [1.29, 1.82) is 5.41 Å². The minimum atomic E-state index is 0.0993. The van der Waals surface area contributed by atoms with Gasteiger partial charge in [-0.15, -0.1) is 11.3 Å². The van der Waals surface area contributed by atoms with Crippen LogP contribution in [0.5, 0.6) is 5.75 Å². The number of rotatable bonds is 3. The van der Waals surface area contributed by atoms with Crippen LogP contribution in [-0.2, 0) is 0 Å². The van der Waals surface area contributed by atoms with Crippen LogP contribution in [0.25, 0.3) is 5.57 Å². The summed E-state index contributed by atoms with van der Waals surface area (Å²) in [6.07, 6.45) is 1.58. The molecule has 0 saturated carbocycles. The maximum Gasteiger partial charge on any atom is 0.155 e. The maximum atomic E-state index is 10.1. The van der Waals surface area contributed by atoms with Crippen molar-refractivity contribution in [2.75, 3.05) is 6.54 Å². The zero-order valence-electron chi connectivity index (χ0n) is 11.8. The van der Waals surface area contributed by atoms with Crippen molar-refractivity contribution in [1.82, 2.24) is 9.99 Å². The van der Waals surface area contributed by atoms with Crippen LogP contribution in [-0.4, -0.2) is 38.8 Å². The average molecular weight is 314 g/mol. The fraction of sp³-hybridized carbons (Fsp3) is 0.133. The molecule has 3 rings (SSSR count). The molecule has 6 nitrogen and oxygen atoms in total. The molecule has 0 spiro atoms. The number of benzene rings is 1. The number of hydrogen-bond acceptors (Lipinski definition) is 6.